The van der Waals surface area contributed by atoms with Crippen molar-refractivity contribution >= 4 is 17.2 Å². The van der Waals surface area contributed by atoms with E-state index in [1.807, 2.05) is 18.4 Å². The zero-order valence-electron chi connectivity index (χ0n) is 11.8. The summed E-state index contributed by atoms with van der Waals surface area (Å²) < 4.78 is 38.6. The second-order valence-electron chi connectivity index (χ2n) is 5.21. The second-order valence-corrected chi connectivity index (χ2v) is 6.21. The predicted octanol–water partition coefficient (Wildman–Crippen LogP) is 3.11. The monoisotopic (exact) mass is 329 g/mol. The van der Waals surface area contributed by atoms with Gasteiger partial charge >= 0.3 is 6.18 Å². The summed E-state index contributed by atoms with van der Waals surface area (Å²) in [7, 11) is 0. The van der Waals surface area contributed by atoms with Crippen LogP contribution >= 0.6 is 11.3 Å². The Morgan fingerprint density at radius 1 is 1.45 bits per heavy atom. The van der Waals surface area contributed by atoms with E-state index in [1.54, 1.807) is 16.2 Å². The lowest BCUT2D eigenvalue weighted by molar-refractivity contribution is -0.142. The second kappa shape index (κ2) is 5.42. The van der Waals surface area contributed by atoms with Crippen LogP contribution in [0, 0.1) is 0 Å². The molecule has 22 heavy (non-hydrogen) atoms. The van der Waals surface area contributed by atoms with E-state index in [0.717, 1.165) is 22.7 Å². The largest absolute Gasteiger partial charge is 0.435 e. The van der Waals surface area contributed by atoms with Crippen LogP contribution in [-0.4, -0.2) is 27.1 Å². The van der Waals surface area contributed by atoms with Crippen LogP contribution in [0.15, 0.2) is 23.7 Å². The van der Waals surface area contributed by atoms with Crippen molar-refractivity contribution in [2.45, 2.75) is 32.1 Å². The molecule has 1 aliphatic rings. The number of carbonyl (C=O) groups excluding carboxylic acids is 1. The van der Waals surface area contributed by atoms with Gasteiger partial charge < -0.3 is 4.90 Å². The van der Waals surface area contributed by atoms with Crippen LogP contribution in [-0.2, 0) is 23.9 Å². The molecule has 0 fully saturated rings. The van der Waals surface area contributed by atoms with Gasteiger partial charge in [-0.25, -0.2) is 0 Å². The maximum Gasteiger partial charge on any atom is 0.435 e. The summed E-state index contributed by atoms with van der Waals surface area (Å²) in [6.45, 7) is 2.34. The van der Waals surface area contributed by atoms with Gasteiger partial charge in [0.1, 0.15) is 6.54 Å². The molecule has 2 aromatic heterocycles. The molecular formula is C14H14F3N3OS. The number of fused-ring (bicyclic) bond motifs is 1. The van der Waals surface area contributed by atoms with Crippen LogP contribution in [0.4, 0.5) is 13.2 Å². The molecule has 8 heteroatoms. The molecule has 3 heterocycles. The van der Waals surface area contributed by atoms with Crippen LogP contribution in [0.2, 0.25) is 0 Å². The summed E-state index contributed by atoms with van der Waals surface area (Å²) in [5.41, 5.74) is 0.146. The third-order valence-electron chi connectivity index (χ3n) is 3.83. The van der Waals surface area contributed by atoms with Crippen molar-refractivity contribution in [3.8, 4) is 0 Å². The Kier molecular flexibility index (Phi) is 3.72. The number of halogens is 3. The fraction of sp³-hybridized carbons (Fsp3) is 0.429. The Balaban J connectivity index is 1.72. The molecule has 1 unspecified atom stereocenters. The molecule has 0 N–H and O–H groups in total. The SMILES string of the molecule is CC1c2ccsc2CCN1C(=O)Cn1ccc(C(F)(F)F)n1. The van der Waals surface area contributed by atoms with Gasteiger partial charge in [-0.2, -0.15) is 18.3 Å². The molecule has 0 aromatic carbocycles. The fourth-order valence-corrected chi connectivity index (χ4v) is 3.64. The zero-order chi connectivity index (χ0) is 15.9. The molecule has 1 amide bonds. The minimum absolute atomic E-state index is 0.0554. The Morgan fingerprint density at radius 2 is 2.23 bits per heavy atom. The zero-order valence-corrected chi connectivity index (χ0v) is 12.6. The quantitative estimate of drug-likeness (QED) is 0.849. The smallest absolute Gasteiger partial charge is 0.334 e. The molecule has 3 rings (SSSR count). The first-order chi connectivity index (χ1) is 10.4. The van der Waals surface area contributed by atoms with Crippen LogP contribution in [0.3, 0.4) is 0 Å². The van der Waals surface area contributed by atoms with E-state index in [1.165, 1.54) is 11.1 Å². The predicted molar refractivity (Wildman–Crippen MR) is 75.4 cm³/mol. The first kappa shape index (κ1) is 15.1. The minimum Gasteiger partial charge on any atom is -0.334 e. The van der Waals surface area contributed by atoms with Gasteiger partial charge in [-0.05, 0) is 36.4 Å². The Morgan fingerprint density at radius 3 is 2.91 bits per heavy atom. The number of alkyl halides is 3. The Bertz CT molecular complexity index is 692. The molecule has 2 aromatic rings. The Hall–Kier alpha value is -1.83. The number of hydrogen-bond donors (Lipinski definition) is 0. The molecule has 0 saturated heterocycles. The lowest BCUT2D eigenvalue weighted by Gasteiger charge is -2.33. The third-order valence-corrected chi connectivity index (χ3v) is 4.82. The van der Waals surface area contributed by atoms with E-state index in [0.29, 0.717) is 6.54 Å². The lowest BCUT2D eigenvalue weighted by Crippen LogP contribution is -2.40. The minimum atomic E-state index is -4.49. The first-order valence-electron chi connectivity index (χ1n) is 6.82. The summed E-state index contributed by atoms with van der Waals surface area (Å²) in [6, 6.07) is 2.82. The highest BCUT2D eigenvalue weighted by atomic mass is 32.1. The van der Waals surface area contributed by atoms with Crippen molar-refractivity contribution in [1.82, 2.24) is 14.7 Å². The number of carbonyl (C=O) groups is 1. The number of thiophene rings is 1. The van der Waals surface area contributed by atoms with E-state index in [4.69, 9.17) is 0 Å². The molecule has 0 spiro atoms. The number of nitrogens with zero attached hydrogens (tertiary/aromatic N) is 3. The fourth-order valence-electron chi connectivity index (χ4n) is 2.68. The van der Waals surface area contributed by atoms with Crippen molar-refractivity contribution in [2.75, 3.05) is 6.54 Å². The number of hydrogen-bond acceptors (Lipinski definition) is 3. The number of amides is 1. The molecule has 0 saturated carbocycles. The summed E-state index contributed by atoms with van der Waals surface area (Å²) in [5.74, 6) is -0.221. The van der Waals surface area contributed by atoms with Crippen molar-refractivity contribution in [3.63, 3.8) is 0 Å². The van der Waals surface area contributed by atoms with Crippen molar-refractivity contribution in [3.05, 3.63) is 39.8 Å². The maximum absolute atomic E-state index is 12.5. The highest BCUT2D eigenvalue weighted by Gasteiger charge is 2.34. The number of rotatable bonds is 2. The molecule has 0 aliphatic carbocycles. The molecule has 1 atom stereocenters. The van der Waals surface area contributed by atoms with Gasteiger partial charge in [0.25, 0.3) is 0 Å². The van der Waals surface area contributed by atoms with Crippen LogP contribution in [0.25, 0.3) is 0 Å². The van der Waals surface area contributed by atoms with Crippen LogP contribution in [0.5, 0.6) is 0 Å². The highest BCUT2D eigenvalue weighted by molar-refractivity contribution is 7.10. The van der Waals surface area contributed by atoms with E-state index in [-0.39, 0.29) is 18.5 Å². The maximum atomic E-state index is 12.5. The summed E-state index contributed by atoms with van der Waals surface area (Å²) in [4.78, 5) is 15.3. The van der Waals surface area contributed by atoms with Crippen LogP contribution < -0.4 is 0 Å². The van der Waals surface area contributed by atoms with Gasteiger partial charge in [0.2, 0.25) is 5.91 Å². The molecule has 1 aliphatic heterocycles. The third kappa shape index (κ3) is 2.75. The average Bonchev–Trinajstić information content (AvgIpc) is 3.06. The first-order valence-corrected chi connectivity index (χ1v) is 7.70. The lowest BCUT2D eigenvalue weighted by atomic mass is 10.0. The van der Waals surface area contributed by atoms with Crippen molar-refractivity contribution < 1.29 is 18.0 Å². The Labute approximate surface area is 129 Å². The average molecular weight is 329 g/mol. The van der Waals surface area contributed by atoms with Crippen molar-refractivity contribution in [1.29, 1.82) is 0 Å². The van der Waals surface area contributed by atoms with Gasteiger partial charge in [-0.1, -0.05) is 0 Å². The summed E-state index contributed by atoms with van der Waals surface area (Å²) in [5, 5.41) is 5.42. The normalized spacial score (nSPS) is 18.4. The van der Waals surface area contributed by atoms with Crippen molar-refractivity contribution in [2.24, 2.45) is 0 Å². The molecule has 0 radical (unpaired) electrons. The molecule has 0 bridgehead atoms. The molecule has 118 valence electrons. The summed E-state index contributed by atoms with van der Waals surface area (Å²) >= 11 is 1.67. The molecule has 4 nitrogen and oxygen atoms in total. The topological polar surface area (TPSA) is 38.1 Å². The standard InChI is InChI=1S/C14H14F3N3OS/c1-9-10-4-7-22-11(10)2-6-20(9)13(21)8-19-5-3-12(18-19)14(15,16)17/h3-5,7,9H,2,6,8H2,1H3. The van der Waals surface area contributed by atoms with Gasteiger partial charge in [-0.15, -0.1) is 11.3 Å². The molecular weight excluding hydrogens is 315 g/mol. The highest BCUT2D eigenvalue weighted by Crippen LogP contribution is 2.33. The van der Waals surface area contributed by atoms with Gasteiger partial charge in [0.15, 0.2) is 5.69 Å². The summed E-state index contributed by atoms with van der Waals surface area (Å²) in [6.07, 6.45) is -2.51. The van der Waals surface area contributed by atoms with E-state index in [9.17, 15) is 18.0 Å². The van der Waals surface area contributed by atoms with Gasteiger partial charge in [-0.3, -0.25) is 9.48 Å². The van der Waals surface area contributed by atoms with Gasteiger partial charge in [0.05, 0.1) is 6.04 Å². The van der Waals surface area contributed by atoms with Gasteiger partial charge in [0, 0.05) is 17.6 Å². The van der Waals surface area contributed by atoms with Crippen LogP contribution in [0.1, 0.15) is 29.1 Å². The van der Waals surface area contributed by atoms with E-state index >= 15 is 0 Å². The van der Waals surface area contributed by atoms with E-state index in [2.05, 4.69) is 5.10 Å². The number of aromatic nitrogens is 2. The van der Waals surface area contributed by atoms with E-state index < -0.39 is 11.9 Å².